The minimum Gasteiger partial charge on any atom is -0.465 e. The van der Waals surface area contributed by atoms with Crippen LogP contribution in [0.4, 0.5) is 4.79 Å². The third kappa shape index (κ3) is 23.5. The predicted octanol–water partition coefficient (Wildman–Crippen LogP) is 3.15. The molecule has 13 nitrogen and oxygen atoms in total. The largest absolute Gasteiger partial charge is 0.465 e. The van der Waals surface area contributed by atoms with Crippen molar-refractivity contribution in [2.24, 2.45) is 0 Å². The van der Waals surface area contributed by atoms with Crippen LogP contribution >= 0.6 is 0 Å². The molecule has 1 fully saturated rings. The third-order valence-corrected chi connectivity index (χ3v) is 6.91. The van der Waals surface area contributed by atoms with Crippen molar-refractivity contribution in [2.45, 2.75) is 105 Å². The SMILES string of the molecule is CCCCOC(=O)CN1CCN(CCCNC(=O)OC(C)(C)C)CCN(CC(=O)OC(C)(C)C)CCN(CC(=O)OC(C)(C)C)CC1. The zero-order valence-electron chi connectivity index (χ0n) is 31.1. The molecule has 1 rings (SSSR count). The van der Waals surface area contributed by atoms with Gasteiger partial charge in [0, 0.05) is 58.9 Å². The van der Waals surface area contributed by atoms with Crippen LogP contribution in [0.1, 0.15) is 88.5 Å². The number of hydrogen-bond donors (Lipinski definition) is 1. The van der Waals surface area contributed by atoms with Crippen LogP contribution in [0.15, 0.2) is 0 Å². The molecular formula is C34H65N5O8. The number of nitrogens with zero attached hydrogens (tertiary/aromatic N) is 4. The maximum absolute atomic E-state index is 12.8. The highest BCUT2D eigenvalue weighted by atomic mass is 16.6. The van der Waals surface area contributed by atoms with Crippen LogP contribution in [0.5, 0.6) is 0 Å². The number of esters is 3. The molecule has 0 aliphatic carbocycles. The molecular weight excluding hydrogens is 606 g/mol. The molecule has 0 saturated carbocycles. The molecule has 0 unspecified atom stereocenters. The molecule has 0 aromatic heterocycles. The van der Waals surface area contributed by atoms with E-state index in [1.54, 1.807) is 0 Å². The average Bonchev–Trinajstić information content (AvgIpc) is 2.89. The van der Waals surface area contributed by atoms with E-state index in [4.69, 9.17) is 18.9 Å². The van der Waals surface area contributed by atoms with Gasteiger partial charge in [0.1, 0.15) is 16.8 Å². The van der Waals surface area contributed by atoms with Crippen LogP contribution in [0.3, 0.4) is 0 Å². The Kier molecular flexibility index (Phi) is 18.8. The lowest BCUT2D eigenvalue weighted by Gasteiger charge is -2.34. The standard InChI is InChI=1S/C34H65N5O8/c1-11-12-24-44-28(40)25-37-18-16-36(15-13-14-35-31(43)47-34(8,9)10)17-19-38(26-29(41)45-32(2,3)4)22-23-39(21-20-37)27-30(42)46-33(5,6)7/h11-27H2,1-10H3,(H,35,43). The summed E-state index contributed by atoms with van der Waals surface area (Å²) in [6.07, 6.45) is 2.02. The van der Waals surface area contributed by atoms with Crippen LogP contribution in [0.2, 0.25) is 0 Å². The minimum atomic E-state index is -0.605. The highest BCUT2D eigenvalue weighted by Crippen LogP contribution is 2.11. The molecule has 1 saturated heterocycles. The van der Waals surface area contributed by atoms with E-state index in [0.29, 0.717) is 78.5 Å². The summed E-state index contributed by atoms with van der Waals surface area (Å²) in [5, 5.41) is 2.82. The molecule has 0 atom stereocenters. The molecule has 0 radical (unpaired) electrons. The van der Waals surface area contributed by atoms with E-state index in [1.807, 2.05) is 67.2 Å². The highest BCUT2D eigenvalue weighted by molar-refractivity contribution is 5.73. The van der Waals surface area contributed by atoms with Gasteiger partial charge in [-0.05, 0) is 81.7 Å². The van der Waals surface area contributed by atoms with Crippen molar-refractivity contribution in [3.63, 3.8) is 0 Å². The van der Waals surface area contributed by atoms with Crippen LogP contribution in [0.25, 0.3) is 0 Å². The van der Waals surface area contributed by atoms with Crippen molar-refractivity contribution in [3.8, 4) is 0 Å². The molecule has 274 valence electrons. The Balaban J connectivity index is 3.10. The van der Waals surface area contributed by atoms with E-state index in [2.05, 4.69) is 26.9 Å². The minimum absolute atomic E-state index is 0.100. The fourth-order valence-electron chi connectivity index (χ4n) is 4.76. The highest BCUT2D eigenvalue weighted by Gasteiger charge is 2.25. The van der Waals surface area contributed by atoms with E-state index < -0.39 is 22.9 Å². The van der Waals surface area contributed by atoms with Gasteiger partial charge in [-0.3, -0.25) is 29.1 Å². The fourth-order valence-corrected chi connectivity index (χ4v) is 4.76. The first kappa shape index (κ1) is 42.5. The lowest BCUT2D eigenvalue weighted by molar-refractivity contribution is -0.158. The molecule has 1 N–H and O–H groups in total. The number of alkyl carbamates (subject to hydrolysis) is 1. The number of carbonyl (C=O) groups excluding carboxylic acids is 4. The first-order valence-electron chi connectivity index (χ1n) is 17.2. The van der Waals surface area contributed by atoms with Crippen molar-refractivity contribution >= 4 is 24.0 Å². The van der Waals surface area contributed by atoms with Gasteiger partial charge in [-0.15, -0.1) is 0 Å². The number of hydrogen-bond acceptors (Lipinski definition) is 12. The van der Waals surface area contributed by atoms with Crippen molar-refractivity contribution in [1.29, 1.82) is 0 Å². The lowest BCUT2D eigenvalue weighted by Crippen LogP contribution is -2.49. The smallest absolute Gasteiger partial charge is 0.407 e. The molecule has 47 heavy (non-hydrogen) atoms. The van der Waals surface area contributed by atoms with Gasteiger partial charge in [-0.25, -0.2) is 4.79 Å². The summed E-state index contributed by atoms with van der Waals surface area (Å²) in [7, 11) is 0. The Labute approximate surface area is 283 Å². The molecule has 1 aliphatic rings. The van der Waals surface area contributed by atoms with Crippen LogP contribution < -0.4 is 5.32 Å². The fraction of sp³-hybridized carbons (Fsp3) is 0.882. The number of unbranched alkanes of at least 4 members (excludes halogenated alkanes) is 1. The van der Waals surface area contributed by atoms with E-state index >= 15 is 0 Å². The maximum atomic E-state index is 12.8. The molecule has 1 aliphatic heterocycles. The number of ether oxygens (including phenoxy) is 4. The number of rotatable bonds is 13. The number of amides is 1. The van der Waals surface area contributed by atoms with Gasteiger partial charge in [-0.1, -0.05) is 13.3 Å². The zero-order valence-corrected chi connectivity index (χ0v) is 31.1. The Bertz CT molecular complexity index is 958. The van der Waals surface area contributed by atoms with Crippen molar-refractivity contribution in [2.75, 3.05) is 91.7 Å². The molecule has 0 aromatic rings. The summed E-state index contributed by atoms with van der Waals surface area (Å²) in [5.41, 5.74) is -1.77. The monoisotopic (exact) mass is 671 g/mol. The summed E-state index contributed by atoms with van der Waals surface area (Å²) < 4.78 is 22.1. The Hall–Kier alpha value is -2.48. The molecule has 13 heteroatoms. The number of carbonyl (C=O) groups is 4. The van der Waals surface area contributed by atoms with E-state index in [0.717, 1.165) is 12.8 Å². The summed E-state index contributed by atoms with van der Waals surface area (Å²) in [4.78, 5) is 58.9. The molecule has 0 bridgehead atoms. The van der Waals surface area contributed by atoms with Crippen LogP contribution in [-0.4, -0.2) is 152 Å². The summed E-state index contributed by atoms with van der Waals surface area (Å²) >= 11 is 0. The summed E-state index contributed by atoms with van der Waals surface area (Å²) in [6, 6.07) is 0. The van der Waals surface area contributed by atoms with Crippen molar-refractivity contribution < 1.29 is 38.1 Å². The van der Waals surface area contributed by atoms with Crippen LogP contribution in [0, 0.1) is 0 Å². The lowest BCUT2D eigenvalue weighted by atomic mass is 10.2. The van der Waals surface area contributed by atoms with Gasteiger partial charge in [0.2, 0.25) is 0 Å². The molecule has 1 heterocycles. The average molecular weight is 672 g/mol. The Morgan fingerprint density at radius 2 is 0.936 bits per heavy atom. The number of nitrogens with one attached hydrogen (secondary N) is 1. The quantitative estimate of drug-likeness (QED) is 0.175. The third-order valence-electron chi connectivity index (χ3n) is 6.91. The van der Waals surface area contributed by atoms with Gasteiger partial charge in [0.25, 0.3) is 0 Å². The first-order chi connectivity index (χ1) is 21.7. The Morgan fingerprint density at radius 3 is 1.32 bits per heavy atom. The van der Waals surface area contributed by atoms with Gasteiger partial charge in [0.05, 0.1) is 26.2 Å². The summed E-state index contributed by atoms with van der Waals surface area (Å²) in [5.74, 6) is -0.884. The van der Waals surface area contributed by atoms with E-state index in [-0.39, 0.29) is 37.5 Å². The second-order valence-electron chi connectivity index (χ2n) is 15.2. The van der Waals surface area contributed by atoms with E-state index in [1.165, 1.54) is 0 Å². The van der Waals surface area contributed by atoms with Gasteiger partial charge < -0.3 is 29.2 Å². The molecule has 0 aromatic carbocycles. The van der Waals surface area contributed by atoms with Crippen molar-refractivity contribution in [1.82, 2.24) is 24.9 Å². The molecule has 0 spiro atoms. The second-order valence-corrected chi connectivity index (χ2v) is 15.2. The first-order valence-corrected chi connectivity index (χ1v) is 17.2. The molecule has 1 amide bonds. The van der Waals surface area contributed by atoms with Gasteiger partial charge in [0.15, 0.2) is 0 Å². The second kappa shape index (κ2) is 20.8. The predicted molar refractivity (Wildman–Crippen MR) is 182 cm³/mol. The summed E-state index contributed by atoms with van der Waals surface area (Å²) in [6.45, 7) is 25.2. The van der Waals surface area contributed by atoms with Crippen molar-refractivity contribution in [3.05, 3.63) is 0 Å². The zero-order chi connectivity index (χ0) is 35.7. The van der Waals surface area contributed by atoms with Crippen LogP contribution in [-0.2, 0) is 33.3 Å². The van der Waals surface area contributed by atoms with Gasteiger partial charge in [-0.2, -0.15) is 0 Å². The Morgan fingerprint density at radius 1 is 0.553 bits per heavy atom. The topological polar surface area (TPSA) is 130 Å². The normalized spacial score (nSPS) is 17.2. The van der Waals surface area contributed by atoms with E-state index in [9.17, 15) is 19.2 Å². The maximum Gasteiger partial charge on any atom is 0.407 e. The van der Waals surface area contributed by atoms with Gasteiger partial charge >= 0.3 is 24.0 Å².